The Labute approximate surface area is 295 Å². The SMILES string of the molecule is C/C(=C1\N=c2cc(F)cc(F)c2=N1)c1nc(-c2nc3cc(C)ccc3o2)nc(-c2ccc3c(c2C#N)=N/C(=C(\C#N)c2c(F)c(F)c(F)c(F)c2F)N=3)n1. The average Bonchev–Trinajstić information content (AvgIpc) is 3.91. The summed E-state index contributed by atoms with van der Waals surface area (Å²) in [6.45, 7) is 3.35. The molecule has 0 fully saturated rings. The first-order valence-electron chi connectivity index (χ1n) is 15.3. The van der Waals surface area contributed by atoms with Gasteiger partial charge in [-0.3, -0.25) is 0 Å². The van der Waals surface area contributed by atoms with Crippen LogP contribution in [0.2, 0.25) is 0 Å². The van der Waals surface area contributed by atoms with E-state index in [-0.39, 0.29) is 67.3 Å². The minimum Gasteiger partial charge on any atom is -0.434 e. The van der Waals surface area contributed by atoms with E-state index in [4.69, 9.17) is 4.42 Å². The predicted molar refractivity (Wildman–Crippen MR) is 170 cm³/mol. The minimum absolute atomic E-state index is 0.0162. The van der Waals surface area contributed by atoms with Gasteiger partial charge in [-0.1, -0.05) is 6.07 Å². The molecule has 0 atom stereocenters. The maximum absolute atomic E-state index is 14.7. The van der Waals surface area contributed by atoms with Gasteiger partial charge in [-0.2, -0.15) is 10.5 Å². The third-order valence-corrected chi connectivity index (χ3v) is 8.24. The molecule has 0 saturated heterocycles. The molecule has 4 aromatic carbocycles. The number of nitrogens with zero attached hydrogens (tertiary/aromatic N) is 10. The molecule has 0 spiro atoms. The van der Waals surface area contributed by atoms with Crippen molar-refractivity contribution in [3.05, 3.63) is 139 Å². The van der Waals surface area contributed by atoms with Gasteiger partial charge in [-0.25, -0.2) is 70.6 Å². The molecule has 8 rings (SSSR count). The van der Waals surface area contributed by atoms with Gasteiger partial charge in [0.1, 0.15) is 39.8 Å². The molecule has 0 amide bonds. The smallest absolute Gasteiger partial charge is 0.266 e. The van der Waals surface area contributed by atoms with Crippen molar-refractivity contribution in [1.82, 2.24) is 19.9 Å². The van der Waals surface area contributed by atoms with Crippen LogP contribution < -0.4 is 21.4 Å². The Morgan fingerprint density at radius 3 is 2.09 bits per heavy atom. The highest BCUT2D eigenvalue weighted by atomic mass is 19.2. The van der Waals surface area contributed by atoms with Crippen molar-refractivity contribution in [1.29, 1.82) is 10.5 Å². The number of aryl methyl sites for hydroxylation is 1. The number of rotatable bonds is 4. The zero-order valence-corrected chi connectivity index (χ0v) is 27.1. The topological polar surface area (TPSA) is 162 Å². The van der Waals surface area contributed by atoms with Crippen molar-refractivity contribution in [2.75, 3.05) is 0 Å². The molecule has 0 saturated carbocycles. The zero-order valence-electron chi connectivity index (χ0n) is 27.1. The number of aromatic nitrogens is 4. The minimum atomic E-state index is -2.42. The van der Waals surface area contributed by atoms with Crippen LogP contribution >= 0.6 is 0 Å². The van der Waals surface area contributed by atoms with Gasteiger partial charge >= 0.3 is 0 Å². The molecule has 0 N–H and O–H groups in total. The van der Waals surface area contributed by atoms with Crippen molar-refractivity contribution in [3.63, 3.8) is 0 Å². The molecule has 0 bridgehead atoms. The standard InChI is InChI=1S/C36H13F7N10O/c1-12-3-6-22-20(7-12)48-36(54-22)35-52-32(13(2)31-47-21-9-14(37)8-18(38)30(21)50-31)51-33(53-35)15-4-5-19-29(16(15)10-44)49-34(46-19)17(11-45)23-24(39)26(41)28(43)27(42)25(23)40/h3-9H,1-2H3/b31-13-,34-17+. The van der Waals surface area contributed by atoms with Crippen molar-refractivity contribution in [2.24, 2.45) is 20.0 Å². The second-order valence-electron chi connectivity index (χ2n) is 11.7. The fourth-order valence-corrected chi connectivity index (χ4v) is 5.64. The molecule has 2 aromatic heterocycles. The van der Waals surface area contributed by atoms with E-state index in [0.29, 0.717) is 17.2 Å². The van der Waals surface area contributed by atoms with E-state index in [1.807, 2.05) is 13.0 Å². The maximum Gasteiger partial charge on any atom is 0.266 e. The first-order valence-corrected chi connectivity index (χ1v) is 15.3. The summed E-state index contributed by atoms with van der Waals surface area (Å²) in [7, 11) is 0. The van der Waals surface area contributed by atoms with Crippen LogP contribution in [0.4, 0.5) is 30.7 Å². The fraction of sp³-hybridized carbons (Fsp3) is 0.0556. The third-order valence-electron chi connectivity index (χ3n) is 8.24. The first-order chi connectivity index (χ1) is 25.9. The molecule has 6 aromatic rings. The number of fused-ring (bicyclic) bond motifs is 3. The molecule has 0 unspecified atom stereocenters. The molecule has 4 heterocycles. The molecule has 11 nitrogen and oxygen atoms in total. The lowest BCUT2D eigenvalue weighted by Gasteiger charge is -2.08. The first kappa shape index (κ1) is 33.7. The van der Waals surface area contributed by atoms with Gasteiger partial charge in [0.25, 0.3) is 5.89 Å². The molecule has 0 radical (unpaired) electrons. The number of nitriles is 2. The highest BCUT2D eigenvalue weighted by molar-refractivity contribution is 5.80. The van der Waals surface area contributed by atoms with Gasteiger partial charge in [0.05, 0.1) is 21.8 Å². The van der Waals surface area contributed by atoms with Crippen LogP contribution in [0.3, 0.4) is 0 Å². The van der Waals surface area contributed by atoms with Crippen molar-refractivity contribution in [2.45, 2.75) is 13.8 Å². The zero-order chi connectivity index (χ0) is 38.2. The summed E-state index contributed by atoms with van der Waals surface area (Å²) < 4.78 is 106. The Balaban J connectivity index is 1.35. The number of hydrogen-bond donors (Lipinski definition) is 0. The van der Waals surface area contributed by atoms with Gasteiger partial charge in [0.15, 0.2) is 58.0 Å². The third kappa shape index (κ3) is 5.27. The van der Waals surface area contributed by atoms with E-state index >= 15 is 0 Å². The van der Waals surface area contributed by atoms with Crippen LogP contribution in [0.5, 0.6) is 0 Å². The molecular weight excluding hydrogens is 721 g/mol. The summed E-state index contributed by atoms with van der Waals surface area (Å²) in [5.41, 5.74) is -1.04. The Morgan fingerprint density at radius 2 is 1.37 bits per heavy atom. The quantitative estimate of drug-likeness (QED) is 0.103. The maximum atomic E-state index is 14.7. The Morgan fingerprint density at radius 1 is 0.685 bits per heavy atom. The molecule has 54 heavy (non-hydrogen) atoms. The fourth-order valence-electron chi connectivity index (χ4n) is 5.64. The highest BCUT2D eigenvalue weighted by Crippen LogP contribution is 2.32. The Bertz CT molecular complexity index is 3110. The lowest BCUT2D eigenvalue weighted by Crippen LogP contribution is -2.25. The van der Waals surface area contributed by atoms with E-state index in [0.717, 1.165) is 11.6 Å². The van der Waals surface area contributed by atoms with Gasteiger partial charge in [-0.05, 0) is 43.7 Å². The van der Waals surface area contributed by atoms with Crippen molar-refractivity contribution < 1.29 is 35.2 Å². The Hall–Kier alpha value is -7.47. The summed E-state index contributed by atoms with van der Waals surface area (Å²) in [6, 6.07) is 12.8. The summed E-state index contributed by atoms with van der Waals surface area (Å²) in [4.78, 5) is 34.5. The lowest BCUT2D eigenvalue weighted by molar-refractivity contribution is 0.376. The molecule has 0 aliphatic carbocycles. The molecule has 262 valence electrons. The number of allylic oxidation sites excluding steroid dienone is 2. The Kier molecular flexibility index (Phi) is 7.69. The molecular formula is C36H13F7N10O. The monoisotopic (exact) mass is 734 g/mol. The largest absolute Gasteiger partial charge is 0.434 e. The van der Waals surface area contributed by atoms with Gasteiger partial charge in [0, 0.05) is 23.3 Å². The number of halogens is 7. The van der Waals surface area contributed by atoms with Crippen molar-refractivity contribution >= 4 is 22.2 Å². The summed E-state index contributed by atoms with van der Waals surface area (Å²) in [6.07, 6.45) is 0. The normalized spacial score (nSPS) is 14.6. The molecule has 2 aliphatic heterocycles. The van der Waals surface area contributed by atoms with Crippen LogP contribution in [0.25, 0.3) is 45.3 Å². The van der Waals surface area contributed by atoms with Gasteiger partial charge in [-0.15, -0.1) is 0 Å². The number of benzene rings is 4. The van der Waals surface area contributed by atoms with E-state index in [2.05, 4.69) is 39.9 Å². The van der Waals surface area contributed by atoms with Crippen LogP contribution in [0, 0.1) is 70.3 Å². The van der Waals surface area contributed by atoms with Crippen molar-refractivity contribution in [3.8, 4) is 35.2 Å². The van der Waals surface area contributed by atoms with Gasteiger partial charge in [0.2, 0.25) is 11.6 Å². The van der Waals surface area contributed by atoms with E-state index in [1.165, 1.54) is 25.1 Å². The van der Waals surface area contributed by atoms with E-state index in [1.54, 1.807) is 18.2 Å². The summed E-state index contributed by atoms with van der Waals surface area (Å²) >= 11 is 0. The van der Waals surface area contributed by atoms with E-state index in [9.17, 15) is 41.3 Å². The molecule has 2 aliphatic rings. The van der Waals surface area contributed by atoms with Crippen LogP contribution in [-0.4, -0.2) is 19.9 Å². The predicted octanol–water partition coefficient (Wildman–Crippen LogP) is 5.29. The summed E-state index contributed by atoms with van der Waals surface area (Å²) in [5, 5.41) is 19.5. The van der Waals surface area contributed by atoms with E-state index < -0.39 is 57.7 Å². The number of oxazole rings is 1. The average molecular weight is 735 g/mol. The van der Waals surface area contributed by atoms with Crippen LogP contribution in [0.15, 0.2) is 78.5 Å². The van der Waals surface area contributed by atoms with Gasteiger partial charge < -0.3 is 4.42 Å². The highest BCUT2D eigenvalue weighted by Gasteiger charge is 2.30. The second kappa shape index (κ2) is 12.3. The lowest BCUT2D eigenvalue weighted by atomic mass is 10.0. The molecule has 18 heteroatoms. The number of hydrogen-bond acceptors (Lipinski definition) is 11. The summed E-state index contributed by atoms with van der Waals surface area (Å²) in [5.74, 6) is -14.7. The van der Waals surface area contributed by atoms with Crippen LogP contribution in [-0.2, 0) is 0 Å². The van der Waals surface area contributed by atoms with Crippen LogP contribution in [0.1, 0.15) is 29.4 Å². The second-order valence-corrected chi connectivity index (χ2v) is 11.7.